The van der Waals surface area contributed by atoms with E-state index in [0.29, 0.717) is 63.8 Å². The van der Waals surface area contributed by atoms with E-state index in [1.165, 1.54) is 0 Å². The van der Waals surface area contributed by atoms with Crippen molar-refractivity contribution in [3.63, 3.8) is 0 Å². The van der Waals surface area contributed by atoms with E-state index in [4.69, 9.17) is 27.2 Å². The zero-order chi connectivity index (χ0) is 55.0. The molecule has 2 aliphatic rings. The Labute approximate surface area is 436 Å². The lowest BCUT2D eigenvalue weighted by atomic mass is 9.93. The number of ketones is 1. The highest BCUT2D eigenvalue weighted by atomic mass is 32.2. The lowest BCUT2D eigenvalue weighted by Crippen LogP contribution is -2.61. The Bertz CT molecular complexity index is 2510. The number of quaternary nitrogens is 1. The molecular weight excluding hydrogens is 971 g/mol. The Balaban J connectivity index is 0.00000226. The molecule has 2 saturated heterocycles. The minimum absolute atomic E-state index is 0.00746. The highest BCUT2D eigenvalue weighted by Crippen LogP contribution is 2.31. The van der Waals surface area contributed by atoms with Crippen molar-refractivity contribution < 1.29 is 65.2 Å². The van der Waals surface area contributed by atoms with Gasteiger partial charge in [0.1, 0.15) is 49.1 Å². The highest BCUT2D eigenvalue weighted by molar-refractivity contribution is 7.84. The van der Waals surface area contributed by atoms with E-state index in [-0.39, 0.29) is 71.7 Å². The largest absolute Gasteiger partial charge is 0.748 e. The molecule has 0 bridgehead atoms. The van der Waals surface area contributed by atoms with Crippen LogP contribution in [0.4, 0.5) is 0 Å². The first kappa shape index (κ1) is 60.7. The number of nitrogens with zero attached hydrogens (tertiary/aromatic N) is 1. The first-order valence-electron chi connectivity index (χ1n) is 25.2. The van der Waals surface area contributed by atoms with Crippen molar-refractivity contribution in [2.45, 2.75) is 131 Å². The maximum absolute atomic E-state index is 14.5. The number of amides is 4. The van der Waals surface area contributed by atoms with Gasteiger partial charge in [-0.1, -0.05) is 88.4 Å². The number of morpholine rings is 1. The second kappa shape index (κ2) is 27.1. The summed E-state index contributed by atoms with van der Waals surface area (Å²) in [5.74, 6) is -2.50. The molecule has 0 spiro atoms. The molecule has 0 saturated carbocycles. The lowest BCUT2D eigenvalue weighted by molar-refractivity contribution is -0.940. The van der Waals surface area contributed by atoms with Crippen LogP contribution in [0.25, 0.3) is 0 Å². The van der Waals surface area contributed by atoms with Gasteiger partial charge in [-0.2, -0.15) is 0 Å². The summed E-state index contributed by atoms with van der Waals surface area (Å²) in [7, 11) is -3.92. The van der Waals surface area contributed by atoms with E-state index >= 15 is 0 Å². The number of rotatable bonds is 24. The Kier molecular flexibility index (Phi) is 22.2. The fourth-order valence-electron chi connectivity index (χ4n) is 8.60. The molecule has 5 rings (SSSR count). The Morgan fingerprint density at radius 2 is 1.27 bits per heavy atom. The summed E-state index contributed by atoms with van der Waals surface area (Å²) >= 11 is 0. The minimum atomic E-state index is -3.92. The Hall–Kier alpha value is -5.86. The number of esters is 1. The Morgan fingerprint density at radius 3 is 1.80 bits per heavy atom. The molecule has 0 radical (unpaired) electrons. The summed E-state index contributed by atoms with van der Waals surface area (Å²) in [6.45, 7) is 18.9. The average Bonchev–Trinajstić information content (AvgIpc) is 4.07. The van der Waals surface area contributed by atoms with Crippen molar-refractivity contribution in [1.29, 1.82) is 0 Å². The van der Waals surface area contributed by atoms with Gasteiger partial charge in [-0.3, -0.25) is 33.6 Å². The molecule has 3 aromatic carbocycles. The van der Waals surface area contributed by atoms with Gasteiger partial charge in [0, 0.05) is 18.2 Å². The number of epoxide rings is 1. The zero-order valence-electron chi connectivity index (χ0n) is 44.6. The van der Waals surface area contributed by atoms with Gasteiger partial charge in [0.25, 0.3) is 5.91 Å². The molecule has 74 heavy (non-hydrogen) atoms. The van der Waals surface area contributed by atoms with E-state index in [9.17, 15) is 33.6 Å². The third kappa shape index (κ3) is 20.1. The van der Waals surface area contributed by atoms with Crippen LogP contribution in [0.5, 0.6) is 5.75 Å². The number of hydrogen-bond acceptors (Lipinski definition) is 13. The molecule has 0 aromatic heterocycles. The van der Waals surface area contributed by atoms with Gasteiger partial charge in [0.15, 0.2) is 18.6 Å². The van der Waals surface area contributed by atoms with E-state index < -0.39 is 69.0 Å². The van der Waals surface area contributed by atoms with Crippen LogP contribution in [0.3, 0.4) is 0 Å². The molecule has 406 valence electrons. The maximum atomic E-state index is 14.5. The van der Waals surface area contributed by atoms with Crippen LogP contribution in [0, 0.1) is 24.2 Å². The summed E-state index contributed by atoms with van der Waals surface area (Å²) in [5.41, 5.74) is 1.60. The second-order valence-electron chi connectivity index (χ2n) is 21.7. The molecule has 0 aliphatic carbocycles. The van der Waals surface area contributed by atoms with Crippen molar-refractivity contribution in [2.75, 3.05) is 45.7 Å². The van der Waals surface area contributed by atoms with Gasteiger partial charge in [-0.15, -0.1) is 0 Å². The van der Waals surface area contributed by atoms with Crippen LogP contribution in [0.15, 0.2) is 72.8 Å². The number of hydrogen-bond donors (Lipinski definition) is 4. The first-order valence-corrected chi connectivity index (χ1v) is 27.0. The Morgan fingerprint density at radius 1 is 0.770 bits per heavy atom. The summed E-state index contributed by atoms with van der Waals surface area (Å²) in [6, 6.07) is 18.3. The van der Waals surface area contributed by atoms with Crippen molar-refractivity contribution >= 4 is 51.8 Å². The maximum Gasteiger partial charge on any atom is 0.316 e. The first-order chi connectivity index (χ1) is 34.6. The number of aryl methyl sites for hydroxylation is 2. The summed E-state index contributed by atoms with van der Waals surface area (Å²) in [4.78, 5) is 96.1. The van der Waals surface area contributed by atoms with Gasteiger partial charge < -0.3 is 44.5 Å². The quantitative estimate of drug-likeness (QED) is 0.0241. The molecule has 19 heteroatoms. The summed E-state index contributed by atoms with van der Waals surface area (Å²) in [5, 5.41) is 11.8. The monoisotopic (exact) mass is 1050 g/mol. The van der Waals surface area contributed by atoms with E-state index in [0.717, 1.165) is 16.7 Å². The van der Waals surface area contributed by atoms with Crippen LogP contribution in [-0.4, -0.2) is 135 Å². The van der Waals surface area contributed by atoms with Crippen molar-refractivity contribution in [2.24, 2.45) is 17.3 Å². The highest BCUT2D eigenvalue weighted by Gasteiger charge is 2.50. The predicted octanol–water partition coefficient (Wildman–Crippen LogP) is 4.53. The molecule has 2 fully saturated rings. The molecule has 5 atom stereocenters. The normalized spacial score (nSPS) is 17.8. The third-order valence-electron chi connectivity index (χ3n) is 12.6. The molecular formula is C55H77N5O13S. The fraction of sp³-hybridized carbons (Fsp3) is 0.545. The number of carbonyl (C=O) groups excluding carboxylic acids is 7. The SMILES string of the molecule is CS(=O)(=O)[O-].Cc1cc(C[N+]2(CC(=O)NC(CCc3ccccc3)C(=O)NC(CC(C)C)C(=O)NC(Cc3ccccc3)C(=O)NC(CC(C)C)C(=O)[C@@]3(C)CO3)CCOCC2)cc(C=O)c1OC(=O)C(C)(C)C. The summed E-state index contributed by atoms with van der Waals surface area (Å²) in [6.07, 6.45) is 2.69. The van der Waals surface area contributed by atoms with Gasteiger partial charge in [0.05, 0.1) is 47.0 Å². The van der Waals surface area contributed by atoms with Crippen LogP contribution < -0.4 is 26.0 Å². The molecule has 3 aromatic rings. The molecule has 4 unspecified atom stereocenters. The average molecular weight is 1050 g/mol. The van der Waals surface area contributed by atoms with Gasteiger partial charge in [-0.25, -0.2) is 8.42 Å². The van der Waals surface area contributed by atoms with Crippen LogP contribution >= 0.6 is 0 Å². The lowest BCUT2D eigenvalue weighted by Gasteiger charge is -2.41. The van der Waals surface area contributed by atoms with Crippen LogP contribution in [0.2, 0.25) is 0 Å². The predicted molar refractivity (Wildman–Crippen MR) is 278 cm³/mol. The van der Waals surface area contributed by atoms with Gasteiger partial charge in [-0.05, 0) is 101 Å². The smallest absolute Gasteiger partial charge is 0.316 e. The third-order valence-corrected chi connectivity index (χ3v) is 12.6. The van der Waals surface area contributed by atoms with Crippen LogP contribution in [-0.2, 0) is 67.7 Å². The number of carbonyl (C=O) groups is 7. The zero-order valence-corrected chi connectivity index (χ0v) is 45.4. The number of aldehydes is 1. The fourth-order valence-corrected chi connectivity index (χ4v) is 8.60. The van der Waals surface area contributed by atoms with Crippen LogP contribution in [0.1, 0.15) is 107 Å². The van der Waals surface area contributed by atoms with E-state index in [2.05, 4.69) is 21.3 Å². The van der Waals surface area contributed by atoms with Gasteiger partial charge >= 0.3 is 5.97 Å². The minimum Gasteiger partial charge on any atom is -0.748 e. The van der Waals surface area contributed by atoms with Gasteiger partial charge in [0.2, 0.25) is 17.7 Å². The van der Waals surface area contributed by atoms with E-state index in [1.54, 1.807) is 40.7 Å². The number of benzene rings is 3. The molecule has 2 heterocycles. The molecule has 4 amide bonds. The second-order valence-corrected chi connectivity index (χ2v) is 23.1. The topological polar surface area (TPSA) is 256 Å². The number of nitrogens with one attached hydrogen (secondary N) is 4. The van der Waals surface area contributed by atoms with Crippen molar-refractivity contribution in [1.82, 2.24) is 21.3 Å². The molecule has 4 N–H and O–H groups in total. The summed E-state index contributed by atoms with van der Waals surface area (Å²) < 4.78 is 44.4. The van der Waals surface area contributed by atoms with Crippen molar-refractivity contribution in [3.05, 3.63) is 101 Å². The van der Waals surface area contributed by atoms with Crippen molar-refractivity contribution in [3.8, 4) is 5.75 Å². The van der Waals surface area contributed by atoms with E-state index in [1.807, 2.05) is 94.4 Å². The molecule has 18 nitrogen and oxygen atoms in total. The number of ether oxygens (including phenoxy) is 3. The standard InChI is InChI=1S/C54H73N5O10.CH4O3S/c1-35(2)26-43(48(62)54(9)34-68-54)56-51(65)45(30-39-18-14-11-15-19-39)58-50(64)44(27-36(3)4)57-49(63)42(21-20-38-16-12-10-13-17-38)55-46(61)32-59(22-24-67-25-23-59)31-40-28-37(5)47(41(29-40)33-60)69-52(66)53(6,7)8;1-5(2,3)4/h10-19,28-29,33,35-36,42-45H,20-27,30-32,34H2,1-9H3,(H3-,55,56,57,58,61,63,64,65);1H3,(H,2,3,4)/t42?,43?,44?,45?,54-;/m1./s1. The molecule has 2 aliphatic heterocycles. The number of Topliss-reactive ketones (excluding diaryl/α,β-unsaturated/α-hetero) is 1.